The lowest BCUT2D eigenvalue weighted by molar-refractivity contribution is -0.137. The number of hydrogen-bond acceptors (Lipinski definition) is 11. The predicted octanol–water partition coefficient (Wildman–Crippen LogP) is 6.65. The molecule has 12 nitrogen and oxygen atoms in total. The van der Waals surface area contributed by atoms with Crippen molar-refractivity contribution in [3.05, 3.63) is 105 Å². The van der Waals surface area contributed by atoms with Gasteiger partial charge in [-0.25, -0.2) is 9.59 Å². The summed E-state index contributed by atoms with van der Waals surface area (Å²) in [5.74, 6) is 0.876. The van der Waals surface area contributed by atoms with Crippen LogP contribution in [0.5, 0.6) is 23.0 Å². The number of carbonyl (C=O) groups excluding carboxylic acids is 1. The standard InChI is InChI=1S/C20H24N2O4.C18H20N2O4/c1-6-25-20(23)10-8-16-7-9-18(19(11-16)24-5)26-12-17-15(4)21-13(2)14(3)22-17;1-11-12(2)20-15(13(3)19-11)10-24-16-7-5-14(6-8-18(21)22)9-17(16)23-4/h7-11H,6,12H2,1-5H3;5-9H,10H2,1-4H3,(H,21,22)/b10-8-;8-6+. The van der Waals surface area contributed by atoms with Gasteiger partial charge in [0, 0.05) is 12.2 Å². The number of methoxy groups -OCH3 is 2. The van der Waals surface area contributed by atoms with Crippen LogP contribution in [-0.4, -0.2) is 57.8 Å². The van der Waals surface area contributed by atoms with E-state index in [1.165, 1.54) is 19.3 Å². The van der Waals surface area contributed by atoms with Crippen LogP contribution in [-0.2, 0) is 27.5 Å². The molecule has 0 radical (unpaired) electrons. The summed E-state index contributed by atoms with van der Waals surface area (Å²) in [6.07, 6.45) is 5.62. The Kier molecular flexibility index (Phi) is 14.4. The van der Waals surface area contributed by atoms with Gasteiger partial charge >= 0.3 is 11.9 Å². The largest absolute Gasteiger partial charge is 0.493 e. The Morgan fingerprint density at radius 2 is 1.04 bits per heavy atom. The topological polar surface area (TPSA) is 152 Å². The molecule has 264 valence electrons. The Labute approximate surface area is 292 Å². The quantitative estimate of drug-likeness (QED) is 0.118. The molecule has 0 amide bonds. The van der Waals surface area contributed by atoms with Crippen molar-refractivity contribution in [3.8, 4) is 23.0 Å². The van der Waals surface area contributed by atoms with Gasteiger partial charge in [-0.3, -0.25) is 19.9 Å². The number of carboxylic acids is 1. The summed E-state index contributed by atoms with van der Waals surface area (Å²) >= 11 is 0. The van der Waals surface area contributed by atoms with Crippen molar-refractivity contribution in [2.24, 2.45) is 0 Å². The SMILES string of the molecule is CCOC(=O)/C=C\c1ccc(OCc2nc(C)c(C)nc2C)c(OC)c1.COc1cc(/C=C/C(=O)O)ccc1OCc1nc(C)c(C)nc1C. The third-order valence-corrected chi connectivity index (χ3v) is 7.38. The van der Waals surface area contributed by atoms with E-state index in [-0.39, 0.29) is 12.6 Å². The third-order valence-electron chi connectivity index (χ3n) is 7.38. The molecule has 2 aromatic heterocycles. The zero-order chi connectivity index (χ0) is 36.8. The fourth-order valence-corrected chi connectivity index (χ4v) is 4.42. The van der Waals surface area contributed by atoms with Gasteiger partial charge in [0.05, 0.1) is 66.4 Å². The van der Waals surface area contributed by atoms with Crippen molar-refractivity contribution >= 4 is 24.1 Å². The van der Waals surface area contributed by atoms with E-state index in [2.05, 4.69) is 19.9 Å². The number of benzene rings is 2. The van der Waals surface area contributed by atoms with Crippen LogP contribution in [0.1, 0.15) is 63.6 Å². The van der Waals surface area contributed by atoms with Crippen LogP contribution in [0.2, 0.25) is 0 Å². The maximum atomic E-state index is 11.4. The number of nitrogens with zero attached hydrogens (tertiary/aromatic N) is 4. The van der Waals surface area contributed by atoms with Crippen molar-refractivity contribution in [3.63, 3.8) is 0 Å². The fraction of sp³-hybridized carbons (Fsp3) is 0.316. The van der Waals surface area contributed by atoms with E-state index in [0.717, 1.165) is 57.2 Å². The van der Waals surface area contributed by atoms with Gasteiger partial charge in [0.1, 0.15) is 13.2 Å². The van der Waals surface area contributed by atoms with Crippen LogP contribution in [0.25, 0.3) is 12.2 Å². The van der Waals surface area contributed by atoms with Gasteiger partial charge in [-0.05, 0) is 96.0 Å². The van der Waals surface area contributed by atoms with Crippen molar-refractivity contribution in [2.45, 2.75) is 61.7 Å². The van der Waals surface area contributed by atoms with Crippen molar-refractivity contribution < 1.29 is 38.4 Å². The number of carboxylic acid groups (broad SMARTS) is 1. The first-order valence-corrected chi connectivity index (χ1v) is 15.8. The molecule has 0 atom stereocenters. The van der Waals surface area contributed by atoms with E-state index in [1.807, 2.05) is 47.6 Å². The van der Waals surface area contributed by atoms with Gasteiger partial charge in [-0.2, -0.15) is 0 Å². The molecule has 0 fully saturated rings. The summed E-state index contributed by atoms with van der Waals surface area (Å²) in [7, 11) is 3.11. The minimum Gasteiger partial charge on any atom is -0.493 e. The molecule has 0 bridgehead atoms. The second-order valence-corrected chi connectivity index (χ2v) is 11.0. The fourth-order valence-electron chi connectivity index (χ4n) is 4.42. The number of ether oxygens (including phenoxy) is 5. The maximum absolute atomic E-state index is 11.4. The molecule has 0 aliphatic heterocycles. The molecule has 0 spiro atoms. The highest BCUT2D eigenvalue weighted by molar-refractivity contribution is 5.87. The minimum atomic E-state index is -1.00. The molecule has 2 heterocycles. The molecule has 0 aliphatic rings. The van der Waals surface area contributed by atoms with E-state index in [1.54, 1.807) is 50.4 Å². The first-order chi connectivity index (χ1) is 23.8. The summed E-state index contributed by atoms with van der Waals surface area (Å²) in [6.45, 7) is 14.2. The molecule has 12 heteroatoms. The van der Waals surface area contributed by atoms with E-state index >= 15 is 0 Å². The first-order valence-electron chi connectivity index (χ1n) is 15.8. The zero-order valence-corrected chi connectivity index (χ0v) is 30.0. The van der Waals surface area contributed by atoms with Crippen LogP contribution in [0.3, 0.4) is 0 Å². The minimum absolute atomic E-state index is 0.278. The number of aliphatic carboxylic acids is 1. The summed E-state index contributed by atoms with van der Waals surface area (Å²) in [5, 5.41) is 8.68. The molecule has 1 N–H and O–H groups in total. The Morgan fingerprint density at radius 3 is 1.44 bits per heavy atom. The highest BCUT2D eigenvalue weighted by Crippen LogP contribution is 2.30. The van der Waals surface area contributed by atoms with Gasteiger partial charge in [0.2, 0.25) is 0 Å². The number of aryl methyl sites for hydroxylation is 6. The Bertz CT molecular complexity index is 1870. The second-order valence-electron chi connectivity index (χ2n) is 11.0. The van der Waals surface area contributed by atoms with Gasteiger partial charge < -0.3 is 28.8 Å². The molecule has 0 aliphatic carbocycles. The number of rotatable bonds is 13. The van der Waals surface area contributed by atoms with Crippen molar-refractivity contribution in [1.82, 2.24) is 19.9 Å². The summed E-state index contributed by atoms with van der Waals surface area (Å²) < 4.78 is 27.2. The molecule has 0 saturated heterocycles. The smallest absolute Gasteiger partial charge is 0.330 e. The Hall–Kier alpha value is -5.78. The number of hydrogen-bond donors (Lipinski definition) is 1. The normalized spacial score (nSPS) is 10.8. The summed E-state index contributed by atoms with van der Waals surface area (Å²) in [6, 6.07) is 10.7. The molecular weight excluding hydrogens is 640 g/mol. The van der Waals surface area contributed by atoms with Gasteiger partial charge in [0.15, 0.2) is 23.0 Å². The van der Waals surface area contributed by atoms with Crippen LogP contribution in [0, 0.1) is 41.5 Å². The van der Waals surface area contributed by atoms with Crippen molar-refractivity contribution in [2.75, 3.05) is 20.8 Å². The van der Waals surface area contributed by atoms with E-state index in [9.17, 15) is 9.59 Å². The van der Waals surface area contributed by atoms with Gasteiger partial charge in [-0.1, -0.05) is 12.1 Å². The zero-order valence-electron chi connectivity index (χ0n) is 30.0. The molecular formula is C38H44N4O8. The lowest BCUT2D eigenvalue weighted by Gasteiger charge is -2.13. The molecule has 50 heavy (non-hydrogen) atoms. The molecule has 0 unspecified atom stereocenters. The molecule has 0 saturated carbocycles. The Morgan fingerprint density at radius 1 is 0.620 bits per heavy atom. The third kappa shape index (κ3) is 11.4. The van der Waals surface area contributed by atoms with E-state index in [4.69, 9.17) is 28.8 Å². The number of carbonyl (C=O) groups is 2. The monoisotopic (exact) mass is 684 g/mol. The lowest BCUT2D eigenvalue weighted by atomic mass is 10.2. The molecule has 4 rings (SSSR count). The highest BCUT2D eigenvalue weighted by atomic mass is 16.5. The van der Waals surface area contributed by atoms with Crippen LogP contribution >= 0.6 is 0 Å². The van der Waals surface area contributed by atoms with E-state index < -0.39 is 5.97 Å². The average Bonchev–Trinajstić information content (AvgIpc) is 3.09. The summed E-state index contributed by atoms with van der Waals surface area (Å²) in [5.41, 5.74) is 8.36. The molecule has 4 aromatic rings. The molecule has 2 aromatic carbocycles. The number of aromatic nitrogens is 4. The van der Waals surface area contributed by atoms with Crippen molar-refractivity contribution in [1.29, 1.82) is 0 Å². The average molecular weight is 685 g/mol. The van der Waals surface area contributed by atoms with Crippen LogP contribution in [0.4, 0.5) is 0 Å². The predicted molar refractivity (Wildman–Crippen MR) is 189 cm³/mol. The van der Waals surface area contributed by atoms with Gasteiger partial charge in [0.25, 0.3) is 0 Å². The lowest BCUT2D eigenvalue weighted by Crippen LogP contribution is -2.06. The van der Waals surface area contributed by atoms with E-state index in [0.29, 0.717) is 41.8 Å². The van der Waals surface area contributed by atoms with Gasteiger partial charge in [-0.15, -0.1) is 0 Å². The highest BCUT2D eigenvalue weighted by Gasteiger charge is 2.11. The Balaban J connectivity index is 0.000000271. The summed E-state index contributed by atoms with van der Waals surface area (Å²) in [4.78, 5) is 39.9. The van der Waals surface area contributed by atoms with Crippen LogP contribution < -0.4 is 18.9 Å². The second kappa shape index (κ2) is 18.7. The maximum Gasteiger partial charge on any atom is 0.330 e. The number of esters is 1. The van der Waals surface area contributed by atoms with Crippen LogP contribution in [0.15, 0.2) is 48.6 Å². The first kappa shape index (κ1) is 38.7.